The minimum Gasteiger partial charge on any atom is -0.367 e. The maximum absolute atomic E-state index is 13.4. The molecule has 0 unspecified atom stereocenters. The van der Waals surface area contributed by atoms with E-state index < -0.39 is 0 Å². The highest BCUT2D eigenvalue weighted by molar-refractivity contribution is 5.89. The molecule has 130 valence electrons. The molecule has 1 fully saturated rings. The lowest BCUT2D eigenvalue weighted by molar-refractivity contribution is 0.588. The zero-order chi connectivity index (χ0) is 17.2. The number of para-hydroxylation sites is 1. The smallest absolute Gasteiger partial charge is 0.326 e. The molecular formula is C19H21FN4O. The number of rotatable bonds is 4. The summed E-state index contributed by atoms with van der Waals surface area (Å²) >= 11 is 0. The van der Waals surface area contributed by atoms with E-state index in [0.29, 0.717) is 13.0 Å². The summed E-state index contributed by atoms with van der Waals surface area (Å²) in [7, 11) is 0. The minimum atomic E-state index is -0.245. The van der Waals surface area contributed by atoms with Crippen molar-refractivity contribution in [1.29, 1.82) is 0 Å². The van der Waals surface area contributed by atoms with Crippen LogP contribution in [0.2, 0.25) is 0 Å². The van der Waals surface area contributed by atoms with Gasteiger partial charge in [0.2, 0.25) is 0 Å². The van der Waals surface area contributed by atoms with Crippen LogP contribution in [-0.4, -0.2) is 35.7 Å². The van der Waals surface area contributed by atoms with Gasteiger partial charge < -0.3 is 15.2 Å². The van der Waals surface area contributed by atoms with Crippen molar-refractivity contribution < 1.29 is 4.39 Å². The Labute approximate surface area is 145 Å². The van der Waals surface area contributed by atoms with Crippen LogP contribution < -0.4 is 15.9 Å². The van der Waals surface area contributed by atoms with E-state index in [9.17, 15) is 9.18 Å². The molecule has 0 saturated carbocycles. The number of halogens is 1. The number of aromatic amines is 1. The number of benzene rings is 2. The zero-order valence-electron chi connectivity index (χ0n) is 14.0. The number of aryl methyl sites for hydroxylation is 2. The molecule has 6 heteroatoms. The van der Waals surface area contributed by atoms with Crippen molar-refractivity contribution in [3.63, 3.8) is 0 Å². The maximum Gasteiger partial charge on any atom is 0.326 e. The Bertz CT molecular complexity index is 940. The van der Waals surface area contributed by atoms with E-state index in [1.807, 2.05) is 18.2 Å². The van der Waals surface area contributed by atoms with Gasteiger partial charge in [-0.05, 0) is 36.2 Å². The number of hydrogen-bond acceptors (Lipinski definition) is 3. The Hall–Kier alpha value is -2.60. The number of hydrogen-bond donors (Lipinski definition) is 2. The average Bonchev–Trinajstić information content (AvgIpc) is 2.96. The van der Waals surface area contributed by atoms with E-state index in [0.717, 1.165) is 48.5 Å². The minimum absolute atomic E-state index is 0.117. The Morgan fingerprint density at radius 1 is 1.08 bits per heavy atom. The van der Waals surface area contributed by atoms with Crippen LogP contribution in [0.25, 0.3) is 11.0 Å². The van der Waals surface area contributed by atoms with E-state index in [-0.39, 0.29) is 11.5 Å². The Morgan fingerprint density at radius 2 is 1.88 bits per heavy atom. The van der Waals surface area contributed by atoms with E-state index in [1.54, 1.807) is 10.6 Å². The van der Waals surface area contributed by atoms with E-state index in [4.69, 9.17) is 0 Å². The molecule has 5 nitrogen and oxygen atoms in total. The molecule has 0 spiro atoms. The molecule has 25 heavy (non-hydrogen) atoms. The predicted octanol–water partition coefficient (Wildman–Crippen LogP) is 2.12. The van der Waals surface area contributed by atoms with Gasteiger partial charge in [0.15, 0.2) is 0 Å². The molecule has 0 radical (unpaired) electrons. The molecule has 0 bridgehead atoms. The summed E-state index contributed by atoms with van der Waals surface area (Å²) in [6.07, 6.45) is 0.612. The van der Waals surface area contributed by atoms with Crippen LogP contribution in [0.1, 0.15) is 5.56 Å². The van der Waals surface area contributed by atoms with Gasteiger partial charge in [-0.1, -0.05) is 18.2 Å². The second-order valence-electron chi connectivity index (χ2n) is 6.37. The molecular weight excluding hydrogens is 319 g/mol. The molecule has 4 rings (SSSR count). The number of piperazine rings is 1. The fourth-order valence-corrected chi connectivity index (χ4v) is 3.51. The second kappa shape index (κ2) is 6.72. The molecule has 2 aromatic carbocycles. The van der Waals surface area contributed by atoms with Crippen LogP contribution in [0.4, 0.5) is 10.1 Å². The summed E-state index contributed by atoms with van der Waals surface area (Å²) in [5.74, 6) is -0.245. The van der Waals surface area contributed by atoms with Crippen LogP contribution in [0.5, 0.6) is 0 Å². The van der Waals surface area contributed by atoms with Gasteiger partial charge in [-0.3, -0.25) is 4.57 Å². The maximum atomic E-state index is 13.4. The second-order valence-corrected chi connectivity index (χ2v) is 6.37. The van der Waals surface area contributed by atoms with Gasteiger partial charge >= 0.3 is 5.69 Å². The largest absolute Gasteiger partial charge is 0.367 e. The fraction of sp³-hybridized carbons (Fsp3) is 0.316. The molecule has 0 aliphatic carbocycles. The lowest BCUT2D eigenvalue weighted by Gasteiger charge is -2.30. The van der Waals surface area contributed by atoms with E-state index >= 15 is 0 Å². The van der Waals surface area contributed by atoms with Crippen LogP contribution in [0.15, 0.2) is 47.3 Å². The molecule has 1 saturated heterocycles. The van der Waals surface area contributed by atoms with Crippen molar-refractivity contribution in [2.45, 2.75) is 13.0 Å². The van der Waals surface area contributed by atoms with Crippen molar-refractivity contribution >= 4 is 16.7 Å². The van der Waals surface area contributed by atoms with Crippen molar-refractivity contribution in [3.05, 3.63) is 64.3 Å². The average molecular weight is 340 g/mol. The molecule has 2 N–H and O–H groups in total. The standard InChI is InChI=1S/C19H21FN4O/c20-15-4-1-3-14(13-15)7-10-24-18-16(22-19(24)25)5-2-6-17(18)23-11-8-21-9-12-23/h1-6,13,21H,7-12H2,(H,22,25). The van der Waals surface area contributed by atoms with E-state index in [2.05, 4.69) is 21.3 Å². The van der Waals surface area contributed by atoms with Gasteiger partial charge in [0.25, 0.3) is 0 Å². The highest BCUT2D eigenvalue weighted by Gasteiger charge is 2.17. The zero-order valence-corrected chi connectivity index (χ0v) is 14.0. The van der Waals surface area contributed by atoms with Gasteiger partial charge in [-0.15, -0.1) is 0 Å². The summed E-state index contributed by atoms with van der Waals surface area (Å²) in [6, 6.07) is 12.5. The van der Waals surface area contributed by atoms with Crippen LogP contribution in [0.3, 0.4) is 0 Å². The number of H-pyrrole nitrogens is 1. The number of imidazole rings is 1. The van der Waals surface area contributed by atoms with Gasteiger partial charge in [0.1, 0.15) is 5.82 Å². The summed E-state index contributed by atoms with van der Waals surface area (Å²) in [5.41, 5.74) is 3.64. The third-order valence-corrected chi connectivity index (χ3v) is 4.74. The molecule has 1 aliphatic heterocycles. The summed E-state index contributed by atoms with van der Waals surface area (Å²) in [4.78, 5) is 17.7. The summed E-state index contributed by atoms with van der Waals surface area (Å²) in [6.45, 7) is 4.23. The first-order valence-corrected chi connectivity index (χ1v) is 8.64. The fourth-order valence-electron chi connectivity index (χ4n) is 3.51. The Morgan fingerprint density at radius 3 is 2.68 bits per heavy atom. The number of aromatic nitrogens is 2. The van der Waals surface area contributed by atoms with Crippen molar-refractivity contribution in [2.75, 3.05) is 31.1 Å². The third-order valence-electron chi connectivity index (χ3n) is 4.74. The number of nitrogens with one attached hydrogen (secondary N) is 2. The molecule has 3 aromatic rings. The predicted molar refractivity (Wildman–Crippen MR) is 97.7 cm³/mol. The summed E-state index contributed by atoms with van der Waals surface area (Å²) in [5, 5.41) is 3.35. The van der Waals surface area contributed by atoms with Gasteiger partial charge in [-0.25, -0.2) is 9.18 Å². The van der Waals surface area contributed by atoms with Gasteiger partial charge in [-0.2, -0.15) is 0 Å². The van der Waals surface area contributed by atoms with Crippen LogP contribution in [0, 0.1) is 5.82 Å². The molecule has 2 heterocycles. The monoisotopic (exact) mass is 340 g/mol. The number of nitrogens with zero attached hydrogens (tertiary/aromatic N) is 2. The van der Waals surface area contributed by atoms with Gasteiger partial charge in [0, 0.05) is 32.7 Å². The summed E-state index contributed by atoms with van der Waals surface area (Å²) < 4.78 is 15.2. The Balaban J connectivity index is 1.70. The number of fused-ring (bicyclic) bond motifs is 1. The van der Waals surface area contributed by atoms with Crippen molar-refractivity contribution in [2.24, 2.45) is 0 Å². The highest BCUT2D eigenvalue weighted by atomic mass is 19.1. The topological polar surface area (TPSA) is 53.1 Å². The SMILES string of the molecule is O=c1[nH]c2cccc(N3CCNCC3)c2n1CCc1cccc(F)c1. The van der Waals surface area contributed by atoms with Crippen molar-refractivity contribution in [1.82, 2.24) is 14.9 Å². The molecule has 0 atom stereocenters. The first-order chi connectivity index (χ1) is 12.2. The normalized spacial score (nSPS) is 15.0. The lowest BCUT2D eigenvalue weighted by atomic mass is 10.1. The number of anilines is 1. The third kappa shape index (κ3) is 3.17. The van der Waals surface area contributed by atoms with Gasteiger partial charge in [0.05, 0.1) is 16.7 Å². The highest BCUT2D eigenvalue weighted by Crippen LogP contribution is 2.25. The lowest BCUT2D eigenvalue weighted by Crippen LogP contribution is -2.43. The van der Waals surface area contributed by atoms with Crippen LogP contribution >= 0.6 is 0 Å². The molecule has 0 amide bonds. The first kappa shape index (κ1) is 15.9. The van der Waals surface area contributed by atoms with Crippen LogP contribution in [-0.2, 0) is 13.0 Å². The van der Waals surface area contributed by atoms with Crippen molar-refractivity contribution in [3.8, 4) is 0 Å². The van der Waals surface area contributed by atoms with E-state index in [1.165, 1.54) is 12.1 Å². The molecule has 1 aliphatic rings. The Kier molecular flexibility index (Phi) is 4.28. The molecule has 1 aromatic heterocycles. The first-order valence-electron chi connectivity index (χ1n) is 8.64. The quantitative estimate of drug-likeness (QED) is 0.765.